The van der Waals surface area contributed by atoms with Gasteiger partial charge in [-0.05, 0) is 24.3 Å². The van der Waals surface area contributed by atoms with Crippen LogP contribution >= 0.6 is 0 Å². The zero-order valence-electron chi connectivity index (χ0n) is 18.3. The van der Waals surface area contributed by atoms with Gasteiger partial charge in [-0.15, -0.1) is 5.10 Å². The highest BCUT2D eigenvalue weighted by atomic mass is 16.4. The normalized spacial score (nSPS) is 11.0. The highest BCUT2D eigenvalue weighted by Crippen LogP contribution is 2.35. The molecule has 35 heavy (non-hydrogen) atoms. The SMILES string of the molecule is O=C(Nc1nnc(-c2c(Nc3ccccc3)[nH]n3c(-c4ccccc4)cnc23)o1)c1ccccc1. The van der Waals surface area contributed by atoms with Crippen molar-refractivity contribution in [3.8, 4) is 22.7 Å². The summed E-state index contributed by atoms with van der Waals surface area (Å²) >= 11 is 0. The second-order valence-corrected chi connectivity index (χ2v) is 7.75. The van der Waals surface area contributed by atoms with E-state index in [4.69, 9.17) is 4.42 Å². The minimum Gasteiger partial charge on any atom is -0.403 e. The Morgan fingerprint density at radius 1 is 0.857 bits per heavy atom. The Hall–Kier alpha value is -5.18. The van der Waals surface area contributed by atoms with Gasteiger partial charge < -0.3 is 9.73 Å². The Labute approximate surface area is 199 Å². The first kappa shape index (κ1) is 20.4. The molecule has 0 aliphatic heterocycles. The van der Waals surface area contributed by atoms with Crippen molar-refractivity contribution >= 4 is 29.1 Å². The minimum absolute atomic E-state index is 0.00583. The summed E-state index contributed by atoms with van der Waals surface area (Å²) in [5, 5.41) is 17.6. The number of nitrogens with one attached hydrogen (secondary N) is 3. The fraction of sp³-hybridized carbons (Fsp3) is 0. The number of para-hydroxylation sites is 1. The second-order valence-electron chi connectivity index (χ2n) is 7.75. The predicted octanol–water partition coefficient (Wildman–Crippen LogP) is 5.38. The summed E-state index contributed by atoms with van der Waals surface area (Å²) in [7, 11) is 0. The third-order valence-electron chi connectivity index (χ3n) is 5.47. The average Bonchev–Trinajstić information content (AvgIpc) is 3.61. The number of fused-ring (bicyclic) bond motifs is 1. The minimum atomic E-state index is -0.338. The number of anilines is 3. The lowest BCUT2D eigenvalue weighted by Crippen LogP contribution is -2.11. The van der Waals surface area contributed by atoms with Gasteiger partial charge in [0.1, 0.15) is 11.4 Å². The van der Waals surface area contributed by atoms with E-state index in [-0.39, 0.29) is 17.8 Å². The van der Waals surface area contributed by atoms with Crippen LogP contribution in [0.4, 0.5) is 17.5 Å². The Kier molecular flexibility index (Phi) is 5.04. The van der Waals surface area contributed by atoms with Crippen molar-refractivity contribution in [3.05, 3.63) is 103 Å². The molecule has 0 unspecified atom stereocenters. The molecule has 0 radical (unpaired) electrons. The van der Waals surface area contributed by atoms with Crippen LogP contribution in [-0.4, -0.2) is 30.7 Å². The number of imidazole rings is 1. The number of hydrogen-bond donors (Lipinski definition) is 3. The largest absolute Gasteiger partial charge is 0.403 e. The first-order valence-electron chi connectivity index (χ1n) is 10.9. The van der Waals surface area contributed by atoms with E-state index in [1.165, 1.54) is 0 Å². The van der Waals surface area contributed by atoms with Crippen molar-refractivity contribution in [1.82, 2.24) is 24.8 Å². The van der Waals surface area contributed by atoms with Crippen molar-refractivity contribution < 1.29 is 9.21 Å². The van der Waals surface area contributed by atoms with Crippen LogP contribution in [0.2, 0.25) is 0 Å². The lowest BCUT2D eigenvalue weighted by atomic mass is 10.2. The third kappa shape index (κ3) is 3.91. The fourth-order valence-electron chi connectivity index (χ4n) is 3.83. The Bertz CT molecular complexity index is 1600. The quantitative estimate of drug-likeness (QED) is 0.307. The predicted molar refractivity (Wildman–Crippen MR) is 132 cm³/mol. The summed E-state index contributed by atoms with van der Waals surface area (Å²) < 4.78 is 7.72. The number of aromatic nitrogens is 5. The van der Waals surface area contributed by atoms with Gasteiger partial charge in [0, 0.05) is 16.8 Å². The van der Waals surface area contributed by atoms with Crippen molar-refractivity contribution in [2.75, 3.05) is 10.6 Å². The smallest absolute Gasteiger partial charge is 0.322 e. The zero-order valence-corrected chi connectivity index (χ0v) is 18.3. The number of carbonyl (C=O) groups is 1. The molecule has 0 saturated carbocycles. The van der Waals surface area contributed by atoms with Crippen LogP contribution in [0.5, 0.6) is 0 Å². The standard InChI is InChI=1S/C26H19N7O2/c34-24(18-12-6-2-7-13-18)29-26-31-30-25(35-26)21-22(28-19-14-8-3-9-15-19)32-33-20(16-27-23(21)33)17-10-4-1-5-11-17/h1-16,28,32H,(H,29,31,34). The van der Waals surface area contributed by atoms with Crippen LogP contribution in [0.1, 0.15) is 10.4 Å². The van der Waals surface area contributed by atoms with Crippen molar-refractivity contribution in [3.63, 3.8) is 0 Å². The number of H-pyrrole nitrogens is 1. The fourth-order valence-corrected chi connectivity index (χ4v) is 3.83. The molecule has 0 saturated heterocycles. The summed E-state index contributed by atoms with van der Waals surface area (Å²) in [5.74, 6) is 0.499. The number of rotatable bonds is 6. The summed E-state index contributed by atoms with van der Waals surface area (Å²) in [5.41, 5.74) is 4.43. The van der Waals surface area contributed by atoms with Gasteiger partial charge >= 0.3 is 6.01 Å². The van der Waals surface area contributed by atoms with Crippen molar-refractivity contribution in [1.29, 1.82) is 0 Å². The summed E-state index contributed by atoms with van der Waals surface area (Å²) in [6, 6.07) is 28.5. The summed E-state index contributed by atoms with van der Waals surface area (Å²) in [6.07, 6.45) is 1.78. The lowest BCUT2D eigenvalue weighted by molar-refractivity contribution is 0.102. The first-order chi connectivity index (χ1) is 17.3. The molecule has 3 aromatic carbocycles. The van der Waals surface area contributed by atoms with E-state index < -0.39 is 0 Å². The Balaban J connectivity index is 1.41. The maximum Gasteiger partial charge on any atom is 0.322 e. The number of hydrogen-bond acceptors (Lipinski definition) is 6. The molecule has 1 amide bonds. The van der Waals surface area contributed by atoms with E-state index in [1.54, 1.807) is 30.5 Å². The Morgan fingerprint density at radius 3 is 2.29 bits per heavy atom. The molecule has 0 bridgehead atoms. The highest BCUT2D eigenvalue weighted by Gasteiger charge is 2.24. The van der Waals surface area contributed by atoms with Gasteiger partial charge in [0.2, 0.25) is 0 Å². The van der Waals surface area contributed by atoms with Crippen LogP contribution in [0.3, 0.4) is 0 Å². The van der Waals surface area contributed by atoms with E-state index in [0.29, 0.717) is 22.6 Å². The molecule has 0 atom stereocenters. The first-order valence-corrected chi connectivity index (χ1v) is 10.9. The van der Waals surface area contributed by atoms with E-state index in [2.05, 4.69) is 30.9 Å². The van der Waals surface area contributed by atoms with E-state index in [0.717, 1.165) is 16.9 Å². The van der Waals surface area contributed by atoms with Crippen molar-refractivity contribution in [2.24, 2.45) is 0 Å². The molecule has 0 spiro atoms. The molecule has 0 aliphatic carbocycles. The van der Waals surface area contributed by atoms with Crippen LogP contribution in [0.25, 0.3) is 28.4 Å². The molecule has 9 heteroatoms. The van der Waals surface area contributed by atoms with E-state index in [1.807, 2.05) is 71.2 Å². The molecule has 6 rings (SSSR count). The van der Waals surface area contributed by atoms with Gasteiger partial charge in [0.25, 0.3) is 11.8 Å². The number of nitrogens with zero attached hydrogens (tertiary/aromatic N) is 4. The van der Waals surface area contributed by atoms with Gasteiger partial charge in [0.05, 0.1) is 11.9 Å². The summed E-state index contributed by atoms with van der Waals surface area (Å²) in [6.45, 7) is 0. The molecule has 9 nitrogen and oxygen atoms in total. The van der Waals surface area contributed by atoms with Crippen LogP contribution < -0.4 is 10.6 Å². The molecule has 3 aromatic heterocycles. The highest BCUT2D eigenvalue weighted by molar-refractivity contribution is 6.03. The molecule has 6 aromatic rings. The van der Waals surface area contributed by atoms with Gasteiger partial charge in [0.15, 0.2) is 5.65 Å². The molecule has 0 fully saturated rings. The molecule has 3 N–H and O–H groups in total. The molecule has 3 heterocycles. The second kappa shape index (κ2) is 8.64. The van der Waals surface area contributed by atoms with Gasteiger partial charge in [-0.1, -0.05) is 71.8 Å². The van der Waals surface area contributed by atoms with Gasteiger partial charge in [-0.3, -0.25) is 15.2 Å². The Morgan fingerprint density at radius 2 is 1.54 bits per heavy atom. The zero-order chi connectivity index (χ0) is 23.6. The molecule has 170 valence electrons. The number of amides is 1. The molecular weight excluding hydrogens is 442 g/mol. The average molecular weight is 461 g/mol. The summed E-state index contributed by atoms with van der Waals surface area (Å²) in [4.78, 5) is 17.1. The number of aromatic amines is 1. The number of benzene rings is 3. The van der Waals surface area contributed by atoms with Crippen LogP contribution in [-0.2, 0) is 0 Å². The number of carbonyl (C=O) groups excluding carboxylic acids is 1. The molecule has 0 aliphatic rings. The maximum absolute atomic E-state index is 12.5. The topological polar surface area (TPSA) is 113 Å². The molecular formula is C26H19N7O2. The van der Waals surface area contributed by atoms with Crippen LogP contribution in [0.15, 0.2) is 102 Å². The maximum atomic E-state index is 12.5. The van der Waals surface area contributed by atoms with E-state index >= 15 is 0 Å². The lowest BCUT2D eigenvalue weighted by Gasteiger charge is -2.05. The monoisotopic (exact) mass is 461 g/mol. The van der Waals surface area contributed by atoms with Gasteiger partial charge in [-0.25, -0.2) is 9.50 Å². The third-order valence-corrected chi connectivity index (χ3v) is 5.47. The van der Waals surface area contributed by atoms with Gasteiger partial charge in [-0.2, -0.15) is 0 Å². The van der Waals surface area contributed by atoms with Crippen LogP contribution in [0, 0.1) is 0 Å². The van der Waals surface area contributed by atoms with E-state index in [9.17, 15) is 4.79 Å². The van der Waals surface area contributed by atoms with Crippen molar-refractivity contribution in [2.45, 2.75) is 0 Å².